The number of halogens is 1. The number of nitrogens with one attached hydrogen (secondary N) is 1. The van der Waals surface area contributed by atoms with E-state index in [4.69, 9.17) is 4.74 Å². The second kappa shape index (κ2) is 10.0. The third kappa shape index (κ3) is 5.76. The van der Waals surface area contributed by atoms with Crippen LogP contribution in [0, 0.1) is 11.3 Å². The molecule has 7 heteroatoms. The Balaban J connectivity index is 1.70. The summed E-state index contributed by atoms with van der Waals surface area (Å²) in [5.41, 5.74) is 2.45. The van der Waals surface area contributed by atoms with Gasteiger partial charge < -0.3 is 4.74 Å². The molecule has 1 amide bonds. The van der Waals surface area contributed by atoms with Crippen LogP contribution in [0.3, 0.4) is 0 Å². The standard InChI is InChI=1S/C22H18BrN3O2S/c1-2-10-28-19-8-6-15(7-9-19)11-17(13-24)21(27)26-22-25-20(14-29-22)16-4-3-5-18(23)12-16/h3-9,11-12,14H,2,10H2,1H3,(H,25,26,27)/b17-11+. The van der Waals surface area contributed by atoms with Crippen LogP contribution in [0.5, 0.6) is 5.75 Å². The minimum Gasteiger partial charge on any atom is -0.494 e. The fourth-order valence-corrected chi connectivity index (χ4v) is 3.59. The number of thiazole rings is 1. The molecule has 0 saturated carbocycles. The third-order valence-electron chi connectivity index (χ3n) is 3.87. The van der Waals surface area contributed by atoms with Crippen molar-refractivity contribution in [1.29, 1.82) is 5.26 Å². The molecule has 0 aliphatic heterocycles. The molecule has 2 aromatic carbocycles. The summed E-state index contributed by atoms with van der Waals surface area (Å²) < 4.78 is 6.49. The molecule has 0 aliphatic carbocycles. The third-order valence-corrected chi connectivity index (χ3v) is 5.13. The number of carbonyl (C=O) groups is 1. The van der Waals surface area contributed by atoms with E-state index in [9.17, 15) is 10.1 Å². The Labute approximate surface area is 181 Å². The first kappa shape index (κ1) is 20.8. The van der Waals surface area contributed by atoms with Crippen LogP contribution in [0.2, 0.25) is 0 Å². The number of hydrogen-bond donors (Lipinski definition) is 1. The number of nitrogens with zero attached hydrogens (tertiary/aromatic N) is 2. The molecule has 0 atom stereocenters. The first-order valence-corrected chi connectivity index (χ1v) is 10.6. The van der Waals surface area contributed by atoms with E-state index in [1.165, 1.54) is 11.3 Å². The molecule has 3 rings (SSSR count). The molecule has 1 N–H and O–H groups in total. The van der Waals surface area contributed by atoms with Gasteiger partial charge in [-0.2, -0.15) is 5.26 Å². The Morgan fingerprint density at radius 2 is 2.10 bits per heavy atom. The maximum Gasteiger partial charge on any atom is 0.268 e. The van der Waals surface area contributed by atoms with Gasteiger partial charge >= 0.3 is 0 Å². The van der Waals surface area contributed by atoms with Gasteiger partial charge in [-0.3, -0.25) is 10.1 Å². The highest BCUT2D eigenvalue weighted by Crippen LogP contribution is 2.27. The van der Waals surface area contributed by atoms with Crippen LogP contribution in [0.4, 0.5) is 5.13 Å². The fraction of sp³-hybridized carbons (Fsp3) is 0.136. The lowest BCUT2D eigenvalue weighted by molar-refractivity contribution is -0.112. The second-order valence-corrected chi connectivity index (χ2v) is 7.86. The zero-order valence-corrected chi connectivity index (χ0v) is 18.1. The summed E-state index contributed by atoms with van der Waals surface area (Å²) >= 11 is 4.75. The molecule has 0 fully saturated rings. The Kier molecular flexibility index (Phi) is 7.17. The minimum absolute atomic E-state index is 0.00596. The van der Waals surface area contributed by atoms with E-state index in [-0.39, 0.29) is 5.57 Å². The molecule has 0 aliphatic rings. The number of ether oxygens (including phenoxy) is 1. The molecule has 0 saturated heterocycles. The first-order valence-electron chi connectivity index (χ1n) is 8.96. The highest BCUT2D eigenvalue weighted by molar-refractivity contribution is 9.10. The summed E-state index contributed by atoms with van der Waals surface area (Å²) in [5, 5.41) is 14.4. The van der Waals surface area contributed by atoms with Gasteiger partial charge in [-0.1, -0.05) is 47.1 Å². The van der Waals surface area contributed by atoms with Crippen molar-refractivity contribution in [2.24, 2.45) is 0 Å². The van der Waals surface area contributed by atoms with Crippen LogP contribution in [-0.4, -0.2) is 17.5 Å². The Bertz CT molecular complexity index is 1070. The number of nitriles is 1. The Morgan fingerprint density at radius 3 is 2.79 bits per heavy atom. The lowest BCUT2D eigenvalue weighted by Crippen LogP contribution is -2.13. The summed E-state index contributed by atoms with van der Waals surface area (Å²) in [4.78, 5) is 16.9. The molecule has 1 heterocycles. The summed E-state index contributed by atoms with van der Waals surface area (Å²) in [5.74, 6) is 0.267. The molecule has 0 spiro atoms. The van der Waals surface area contributed by atoms with Gasteiger partial charge in [-0.25, -0.2) is 4.98 Å². The molecule has 0 unspecified atom stereocenters. The van der Waals surface area contributed by atoms with Gasteiger partial charge in [-0.05, 0) is 42.3 Å². The number of aromatic nitrogens is 1. The van der Waals surface area contributed by atoms with Crippen LogP contribution in [0.1, 0.15) is 18.9 Å². The van der Waals surface area contributed by atoms with Crippen molar-refractivity contribution in [2.75, 3.05) is 11.9 Å². The fourth-order valence-electron chi connectivity index (χ4n) is 2.47. The van der Waals surface area contributed by atoms with Crippen molar-refractivity contribution in [3.05, 3.63) is 69.5 Å². The highest BCUT2D eigenvalue weighted by atomic mass is 79.9. The normalized spacial score (nSPS) is 11.0. The number of carbonyl (C=O) groups excluding carboxylic acids is 1. The number of hydrogen-bond acceptors (Lipinski definition) is 5. The number of benzene rings is 2. The molecule has 0 radical (unpaired) electrons. The van der Waals surface area contributed by atoms with Crippen molar-refractivity contribution in [2.45, 2.75) is 13.3 Å². The maximum absolute atomic E-state index is 12.5. The van der Waals surface area contributed by atoms with E-state index in [1.54, 1.807) is 6.08 Å². The summed E-state index contributed by atoms with van der Waals surface area (Å²) in [6.45, 7) is 2.69. The number of amides is 1. The lowest BCUT2D eigenvalue weighted by Gasteiger charge is -2.04. The number of anilines is 1. The van der Waals surface area contributed by atoms with E-state index in [0.29, 0.717) is 11.7 Å². The van der Waals surface area contributed by atoms with Gasteiger partial charge in [0.05, 0.1) is 12.3 Å². The van der Waals surface area contributed by atoms with E-state index in [2.05, 4.69) is 26.2 Å². The predicted molar refractivity (Wildman–Crippen MR) is 120 cm³/mol. The molecule has 3 aromatic rings. The van der Waals surface area contributed by atoms with E-state index in [1.807, 2.05) is 66.9 Å². The van der Waals surface area contributed by atoms with E-state index in [0.717, 1.165) is 33.5 Å². The lowest BCUT2D eigenvalue weighted by atomic mass is 10.1. The highest BCUT2D eigenvalue weighted by Gasteiger charge is 2.13. The predicted octanol–water partition coefficient (Wildman–Crippen LogP) is 5.91. The summed E-state index contributed by atoms with van der Waals surface area (Å²) in [6.07, 6.45) is 2.47. The smallest absolute Gasteiger partial charge is 0.268 e. The molecular formula is C22H18BrN3O2S. The van der Waals surface area contributed by atoms with Gasteiger partial charge in [0.1, 0.15) is 17.4 Å². The van der Waals surface area contributed by atoms with Crippen LogP contribution < -0.4 is 10.1 Å². The summed E-state index contributed by atoms with van der Waals surface area (Å²) in [7, 11) is 0. The van der Waals surface area contributed by atoms with Gasteiger partial charge in [0.15, 0.2) is 5.13 Å². The van der Waals surface area contributed by atoms with Crippen molar-refractivity contribution in [1.82, 2.24) is 4.98 Å². The topological polar surface area (TPSA) is 75.0 Å². The first-order chi connectivity index (χ1) is 14.1. The Morgan fingerprint density at radius 1 is 1.31 bits per heavy atom. The molecule has 1 aromatic heterocycles. The monoisotopic (exact) mass is 467 g/mol. The average Bonchev–Trinajstić information content (AvgIpc) is 3.19. The van der Waals surface area contributed by atoms with Crippen molar-refractivity contribution in [3.63, 3.8) is 0 Å². The zero-order valence-electron chi connectivity index (χ0n) is 15.7. The van der Waals surface area contributed by atoms with E-state index >= 15 is 0 Å². The van der Waals surface area contributed by atoms with E-state index < -0.39 is 5.91 Å². The SMILES string of the molecule is CCCOc1ccc(/C=C(\C#N)C(=O)Nc2nc(-c3cccc(Br)c3)cs2)cc1. The molecule has 0 bridgehead atoms. The zero-order chi connectivity index (χ0) is 20.6. The van der Waals surface area contributed by atoms with Crippen LogP contribution >= 0.6 is 27.3 Å². The van der Waals surface area contributed by atoms with Crippen LogP contribution in [-0.2, 0) is 4.79 Å². The molecule has 5 nitrogen and oxygen atoms in total. The van der Waals surface area contributed by atoms with Crippen molar-refractivity contribution >= 4 is 44.4 Å². The number of rotatable bonds is 7. The summed E-state index contributed by atoms with van der Waals surface area (Å²) in [6, 6.07) is 17.0. The van der Waals surface area contributed by atoms with Gasteiger partial charge in [0.25, 0.3) is 5.91 Å². The van der Waals surface area contributed by atoms with Crippen LogP contribution in [0.15, 0.2) is 64.0 Å². The van der Waals surface area contributed by atoms with Gasteiger partial charge in [-0.15, -0.1) is 11.3 Å². The molecule has 29 heavy (non-hydrogen) atoms. The molecular weight excluding hydrogens is 450 g/mol. The van der Waals surface area contributed by atoms with Crippen LogP contribution in [0.25, 0.3) is 17.3 Å². The largest absolute Gasteiger partial charge is 0.494 e. The average molecular weight is 468 g/mol. The quantitative estimate of drug-likeness (QED) is 0.346. The Hall–Kier alpha value is -2.95. The van der Waals surface area contributed by atoms with Crippen molar-refractivity contribution in [3.8, 4) is 23.1 Å². The minimum atomic E-state index is -0.492. The molecule has 146 valence electrons. The maximum atomic E-state index is 12.5. The second-order valence-electron chi connectivity index (χ2n) is 6.09. The van der Waals surface area contributed by atoms with Gasteiger partial charge in [0.2, 0.25) is 0 Å². The van der Waals surface area contributed by atoms with Crippen molar-refractivity contribution < 1.29 is 9.53 Å². The van der Waals surface area contributed by atoms with Gasteiger partial charge in [0, 0.05) is 15.4 Å².